The Morgan fingerprint density at radius 3 is 2.56 bits per heavy atom. The van der Waals surface area contributed by atoms with Gasteiger partial charge in [-0.3, -0.25) is 0 Å². The van der Waals surface area contributed by atoms with Crippen molar-refractivity contribution >= 4 is 5.97 Å². The van der Waals surface area contributed by atoms with Crippen molar-refractivity contribution in [2.45, 2.75) is 6.10 Å². The maximum Gasteiger partial charge on any atom is 0.339 e. The third-order valence-corrected chi connectivity index (χ3v) is 3.10. The largest absolute Gasteiger partial charge is 0.496 e. The molecular formula is C15H12O3. The van der Waals surface area contributed by atoms with Gasteiger partial charge in [-0.25, -0.2) is 4.79 Å². The number of hydrogen-bond acceptors (Lipinski definition) is 3. The summed E-state index contributed by atoms with van der Waals surface area (Å²) in [7, 11) is 1.60. The van der Waals surface area contributed by atoms with Crippen LogP contribution in [0.25, 0.3) is 0 Å². The molecule has 3 nitrogen and oxygen atoms in total. The first-order chi connectivity index (χ1) is 8.81. The summed E-state index contributed by atoms with van der Waals surface area (Å²) in [5, 5.41) is 0. The van der Waals surface area contributed by atoms with Crippen LogP contribution in [0.3, 0.4) is 0 Å². The summed E-state index contributed by atoms with van der Waals surface area (Å²) in [4.78, 5) is 11.8. The van der Waals surface area contributed by atoms with Crippen LogP contribution in [0.2, 0.25) is 0 Å². The van der Waals surface area contributed by atoms with E-state index in [0.29, 0.717) is 11.3 Å². The highest BCUT2D eigenvalue weighted by Gasteiger charge is 2.34. The second-order valence-electron chi connectivity index (χ2n) is 4.12. The van der Waals surface area contributed by atoms with Crippen LogP contribution >= 0.6 is 0 Å². The second-order valence-corrected chi connectivity index (χ2v) is 4.12. The Hall–Kier alpha value is -2.29. The van der Waals surface area contributed by atoms with E-state index in [1.165, 1.54) is 0 Å². The van der Waals surface area contributed by atoms with E-state index >= 15 is 0 Å². The summed E-state index contributed by atoms with van der Waals surface area (Å²) >= 11 is 0. The molecule has 0 bridgehead atoms. The molecule has 1 atom stereocenters. The highest BCUT2D eigenvalue weighted by molar-refractivity contribution is 5.95. The summed E-state index contributed by atoms with van der Waals surface area (Å²) in [6, 6.07) is 15.1. The predicted molar refractivity (Wildman–Crippen MR) is 66.7 cm³/mol. The molecule has 3 rings (SSSR count). The Morgan fingerprint density at radius 1 is 1.06 bits per heavy atom. The molecule has 0 fully saturated rings. The Bertz CT molecular complexity index is 590. The Balaban J connectivity index is 2.16. The molecular weight excluding hydrogens is 228 g/mol. The van der Waals surface area contributed by atoms with Gasteiger partial charge in [-0.2, -0.15) is 0 Å². The Labute approximate surface area is 105 Å². The highest BCUT2D eigenvalue weighted by atomic mass is 16.6. The van der Waals surface area contributed by atoms with Gasteiger partial charge in [0.2, 0.25) is 0 Å². The second kappa shape index (κ2) is 4.18. The molecule has 0 aliphatic carbocycles. The van der Waals surface area contributed by atoms with E-state index in [9.17, 15) is 4.79 Å². The van der Waals surface area contributed by atoms with Crippen molar-refractivity contribution < 1.29 is 14.3 Å². The van der Waals surface area contributed by atoms with E-state index in [4.69, 9.17) is 9.47 Å². The average Bonchev–Trinajstić information content (AvgIpc) is 2.77. The standard InChI is InChI=1S/C15H12O3/c1-17-12-9-5-8-11-13(12)14(18-15(11)16)10-6-3-2-4-7-10/h2-9,14H,1H3/t14-/m0/s1. The molecule has 0 saturated heterocycles. The first-order valence-electron chi connectivity index (χ1n) is 5.74. The molecule has 0 amide bonds. The van der Waals surface area contributed by atoms with Crippen LogP contribution in [0.4, 0.5) is 0 Å². The highest BCUT2D eigenvalue weighted by Crippen LogP contribution is 2.41. The number of fused-ring (bicyclic) bond motifs is 1. The van der Waals surface area contributed by atoms with Gasteiger partial charge in [0.15, 0.2) is 6.10 Å². The summed E-state index contributed by atoms with van der Waals surface area (Å²) in [6.07, 6.45) is -0.371. The monoisotopic (exact) mass is 240 g/mol. The number of esters is 1. The molecule has 3 heteroatoms. The van der Waals surface area contributed by atoms with Gasteiger partial charge in [0.1, 0.15) is 5.75 Å². The van der Waals surface area contributed by atoms with E-state index < -0.39 is 0 Å². The normalized spacial score (nSPS) is 17.2. The van der Waals surface area contributed by atoms with E-state index in [0.717, 1.165) is 11.1 Å². The van der Waals surface area contributed by atoms with Crippen LogP contribution in [0.15, 0.2) is 48.5 Å². The quantitative estimate of drug-likeness (QED) is 0.757. The minimum absolute atomic E-state index is 0.294. The van der Waals surface area contributed by atoms with Gasteiger partial charge in [-0.1, -0.05) is 36.4 Å². The molecule has 0 aromatic heterocycles. The number of benzene rings is 2. The van der Waals surface area contributed by atoms with E-state index in [-0.39, 0.29) is 12.1 Å². The number of carbonyl (C=O) groups is 1. The van der Waals surface area contributed by atoms with Crippen molar-refractivity contribution in [1.29, 1.82) is 0 Å². The lowest BCUT2D eigenvalue weighted by molar-refractivity contribution is 0.0454. The third-order valence-electron chi connectivity index (χ3n) is 3.10. The van der Waals surface area contributed by atoms with Gasteiger partial charge in [0, 0.05) is 0 Å². The van der Waals surface area contributed by atoms with Gasteiger partial charge in [-0.15, -0.1) is 0 Å². The number of cyclic esters (lactones) is 1. The van der Waals surface area contributed by atoms with Crippen molar-refractivity contribution in [2.75, 3.05) is 7.11 Å². The van der Waals surface area contributed by atoms with Gasteiger partial charge < -0.3 is 9.47 Å². The van der Waals surface area contributed by atoms with Crippen molar-refractivity contribution in [1.82, 2.24) is 0 Å². The molecule has 1 heterocycles. The summed E-state index contributed by atoms with van der Waals surface area (Å²) < 4.78 is 10.8. The fourth-order valence-electron chi connectivity index (χ4n) is 2.26. The zero-order valence-corrected chi connectivity index (χ0v) is 9.92. The van der Waals surface area contributed by atoms with E-state index in [1.54, 1.807) is 19.2 Å². The lowest BCUT2D eigenvalue weighted by Gasteiger charge is -2.13. The minimum Gasteiger partial charge on any atom is -0.496 e. The molecule has 0 spiro atoms. The van der Waals surface area contributed by atoms with Gasteiger partial charge in [0.05, 0.1) is 18.2 Å². The molecule has 2 aromatic carbocycles. The van der Waals surface area contributed by atoms with E-state index in [2.05, 4.69) is 0 Å². The fraction of sp³-hybridized carbons (Fsp3) is 0.133. The maximum absolute atomic E-state index is 11.8. The zero-order chi connectivity index (χ0) is 12.5. The van der Waals surface area contributed by atoms with E-state index in [1.807, 2.05) is 36.4 Å². The summed E-state index contributed by atoms with van der Waals surface area (Å²) in [5.41, 5.74) is 2.36. The lowest BCUT2D eigenvalue weighted by atomic mass is 9.98. The number of rotatable bonds is 2. The summed E-state index contributed by atoms with van der Waals surface area (Å²) in [5.74, 6) is 0.393. The molecule has 0 N–H and O–H groups in total. The van der Waals surface area contributed by atoms with Crippen LogP contribution in [0.1, 0.15) is 27.6 Å². The molecule has 0 radical (unpaired) electrons. The molecule has 0 saturated carbocycles. The Morgan fingerprint density at radius 2 is 1.83 bits per heavy atom. The van der Waals surface area contributed by atoms with Crippen molar-refractivity contribution in [3.8, 4) is 5.75 Å². The number of methoxy groups -OCH3 is 1. The lowest BCUT2D eigenvalue weighted by Crippen LogP contribution is -2.01. The van der Waals surface area contributed by atoms with Crippen molar-refractivity contribution in [2.24, 2.45) is 0 Å². The Kier molecular flexibility index (Phi) is 2.52. The molecule has 2 aromatic rings. The van der Waals surface area contributed by atoms with Crippen molar-refractivity contribution in [3.63, 3.8) is 0 Å². The number of carbonyl (C=O) groups excluding carboxylic acids is 1. The average molecular weight is 240 g/mol. The van der Waals surface area contributed by atoms with Crippen molar-refractivity contribution in [3.05, 3.63) is 65.2 Å². The first-order valence-corrected chi connectivity index (χ1v) is 5.74. The number of hydrogen-bond donors (Lipinski definition) is 0. The molecule has 0 unspecified atom stereocenters. The SMILES string of the molecule is COc1cccc2c1[C@H](c1ccccc1)OC2=O. The topological polar surface area (TPSA) is 35.5 Å². The third kappa shape index (κ3) is 1.56. The molecule has 1 aliphatic heterocycles. The van der Waals surface area contributed by atoms with Crippen LogP contribution in [-0.2, 0) is 4.74 Å². The molecule has 18 heavy (non-hydrogen) atoms. The summed E-state index contributed by atoms with van der Waals surface area (Å²) in [6.45, 7) is 0. The minimum atomic E-state index is -0.371. The van der Waals surface area contributed by atoms with Crippen LogP contribution in [-0.4, -0.2) is 13.1 Å². The van der Waals surface area contributed by atoms with Crippen LogP contribution in [0.5, 0.6) is 5.75 Å². The van der Waals surface area contributed by atoms with Gasteiger partial charge in [-0.05, 0) is 17.7 Å². The zero-order valence-electron chi connectivity index (χ0n) is 9.92. The van der Waals surface area contributed by atoms with Gasteiger partial charge >= 0.3 is 5.97 Å². The van der Waals surface area contributed by atoms with Crippen LogP contribution in [0, 0.1) is 0 Å². The number of ether oxygens (including phenoxy) is 2. The smallest absolute Gasteiger partial charge is 0.339 e. The maximum atomic E-state index is 11.8. The van der Waals surface area contributed by atoms with Gasteiger partial charge in [0.25, 0.3) is 0 Å². The van der Waals surface area contributed by atoms with Crippen LogP contribution < -0.4 is 4.74 Å². The molecule has 1 aliphatic rings. The fourth-order valence-corrected chi connectivity index (χ4v) is 2.26. The predicted octanol–water partition coefficient (Wildman–Crippen LogP) is 2.96. The first kappa shape index (κ1) is 10.8. The molecule has 90 valence electrons.